The van der Waals surface area contributed by atoms with Crippen LogP contribution < -0.4 is 10.6 Å². The standard InChI is InChI=1S/C16H11ClF2N4OS/c17-10-3-1-9(2-4-10)15-22-14(24-23-15)8-20-16(25)21-11-5-6-12(18)13(19)7-11/h1-7H,8H2,(H2,20,21,25). The summed E-state index contributed by atoms with van der Waals surface area (Å²) in [5.41, 5.74) is 1.09. The average molecular weight is 381 g/mol. The maximum absolute atomic E-state index is 13.1. The van der Waals surface area contributed by atoms with Crippen molar-refractivity contribution < 1.29 is 13.3 Å². The van der Waals surface area contributed by atoms with Gasteiger partial charge in [0, 0.05) is 22.3 Å². The first-order valence-electron chi connectivity index (χ1n) is 7.10. The topological polar surface area (TPSA) is 63.0 Å². The lowest BCUT2D eigenvalue weighted by Crippen LogP contribution is -2.28. The van der Waals surface area contributed by atoms with Crippen molar-refractivity contribution in [1.82, 2.24) is 15.5 Å². The van der Waals surface area contributed by atoms with E-state index >= 15 is 0 Å². The molecule has 0 saturated heterocycles. The second-order valence-corrected chi connectivity index (χ2v) is 5.80. The maximum atomic E-state index is 13.1. The van der Waals surface area contributed by atoms with Crippen LogP contribution in [0.5, 0.6) is 0 Å². The minimum atomic E-state index is -0.961. The van der Waals surface area contributed by atoms with Crippen molar-refractivity contribution >= 4 is 34.6 Å². The van der Waals surface area contributed by atoms with Crippen LogP contribution >= 0.6 is 23.8 Å². The lowest BCUT2D eigenvalue weighted by molar-refractivity contribution is 0.376. The molecule has 1 heterocycles. The van der Waals surface area contributed by atoms with Gasteiger partial charge in [-0.2, -0.15) is 4.98 Å². The third-order valence-electron chi connectivity index (χ3n) is 3.15. The highest BCUT2D eigenvalue weighted by Crippen LogP contribution is 2.18. The molecule has 0 aliphatic heterocycles. The molecule has 0 amide bonds. The van der Waals surface area contributed by atoms with Gasteiger partial charge in [0.25, 0.3) is 0 Å². The van der Waals surface area contributed by atoms with Crippen LogP contribution in [0.15, 0.2) is 47.0 Å². The lowest BCUT2D eigenvalue weighted by Gasteiger charge is -2.08. The van der Waals surface area contributed by atoms with Crippen LogP contribution in [0.3, 0.4) is 0 Å². The summed E-state index contributed by atoms with van der Waals surface area (Å²) in [6.07, 6.45) is 0. The minimum absolute atomic E-state index is 0.177. The Hall–Kier alpha value is -2.58. The summed E-state index contributed by atoms with van der Waals surface area (Å²) in [7, 11) is 0. The summed E-state index contributed by atoms with van der Waals surface area (Å²) in [5.74, 6) is -1.14. The lowest BCUT2D eigenvalue weighted by atomic mass is 10.2. The number of anilines is 1. The first kappa shape index (κ1) is 17.2. The van der Waals surface area contributed by atoms with Gasteiger partial charge in [0.2, 0.25) is 11.7 Å². The van der Waals surface area contributed by atoms with E-state index in [9.17, 15) is 8.78 Å². The van der Waals surface area contributed by atoms with Gasteiger partial charge in [0.15, 0.2) is 16.7 Å². The third kappa shape index (κ3) is 4.49. The molecule has 0 fully saturated rings. The zero-order valence-corrected chi connectivity index (χ0v) is 14.2. The number of thiocarbonyl (C=S) groups is 1. The van der Waals surface area contributed by atoms with Gasteiger partial charge < -0.3 is 15.2 Å². The van der Waals surface area contributed by atoms with Gasteiger partial charge in [-0.15, -0.1) is 0 Å². The Labute approximate surface area is 152 Å². The molecular formula is C16H11ClF2N4OS. The molecule has 0 spiro atoms. The van der Waals surface area contributed by atoms with Gasteiger partial charge in [0.05, 0.1) is 6.54 Å². The molecule has 2 N–H and O–H groups in total. The Morgan fingerprint density at radius 2 is 1.88 bits per heavy atom. The summed E-state index contributed by atoms with van der Waals surface area (Å²) >= 11 is 10.9. The Morgan fingerprint density at radius 1 is 1.12 bits per heavy atom. The number of rotatable bonds is 4. The molecule has 5 nitrogen and oxygen atoms in total. The molecule has 0 aliphatic rings. The molecule has 128 valence electrons. The van der Waals surface area contributed by atoms with Gasteiger partial charge in [-0.1, -0.05) is 16.8 Å². The molecule has 0 radical (unpaired) electrons. The van der Waals surface area contributed by atoms with Gasteiger partial charge in [-0.05, 0) is 48.6 Å². The van der Waals surface area contributed by atoms with Crippen molar-refractivity contribution in [3.8, 4) is 11.4 Å². The number of hydrogen-bond donors (Lipinski definition) is 2. The van der Waals surface area contributed by atoms with E-state index in [2.05, 4.69) is 20.8 Å². The fourth-order valence-electron chi connectivity index (χ4n) is 1.95. The van der Waals surface area contributed by atoms with E-state index in [0.29, 0.717) is 22.4 Å². The maximum Gasteiger partial charge on any atom is 0.246 e. The molecule has 9 heteroatoms. The molecule has 0 unspecified atom stereocenters. The van der Waals surface area contributed by atoms with Crippen molar-refractivity contribution in [2.75, 3.05) is 5.32 Å². The van der Waals surface area contributed by atoms with Crippen LogP contribution in [0.2, 0.25) is 5.02 Å². The number of nitrogens with zero attached hydrogens (tertiary/aromatic N) is 2. The fourth-order valence-corrected chi connectivity index (χ4v) is 2.26. The highest BCUT2D eigenvalue weighted by molar-refractivity contribution is 7.80. The smallest absolute Gasteiger partial charge is 0.246 e. The number of halogens is 3. The van der Waals surface area contributed by atoms with E-state index in [-0.39, 0.29) is 11.7 Å². The largest absolute Gasteiger partial charge is 0.353 e. The van der Waals surface area contributed by atoms with Crippen LogP contribution in [0.25, 0.3) is 11.4 Å². The number of hydrogen-bond acceptors (Lipinski definition) is 4. The Morgan fingerprint density at radius 3 is 2.60 bits per heavy atom. The van der Waals surface area contributed by atoms with Crippen molar-refractivity contribution in [2.45, 2.75) is 6.54 Å². The molecule has 3 rings (SSSR count). The zero-order valence-electron chi connectivity index (χ0n) is 12.6. The van der Waals surface area contributed by atoms with E-state index < -0.39 is 11.6 Å². The van der Waals surface area contributed by atoms with E-state index in [1.807, 2.05) is 0 Å². The zero-order chi connectivity index (χ0) is 17.8. The number of nitrogens with one attached hydrogen (secondary N) is 2. The molecule has 1 aromatic heterocycles. The van der Waals surface area contributed by atoms with E-state index in [0.717, 1.165) is 17.7 Å². The minimum Gasteiger partial charge on any atom is -0.353 e. The highest BCUT2D eigenvalue weighted by atomic mass is 35.5. The molecule has 0 bridgehead atoms. The predicted octanol–water partition coefficient (Wildman–Crippen LogP) is 4.15. The van der Waals surface area contributed by atoms with Crippen LogP contribution in [-0.4, -0.2) is 15.3 Å². The van der Waals surface area contributed by atoms with Crippen molar-refractivity contribution in [2.24, 2.45) is 0 Å². The molecule has 0 aliphatic carbocycles. The highest BCUT2D eigenvalue weighted by Gasteiger charge is 2.09. The number of benzene rings is 2. The normalized spacial score (nSPS) is 10.5. The Balaban J connectivity index is 1.57. The SMILES string of the molecule is Fc1ccc(NC(=S)NCc2nc(-c3ccc(Cl)cc3)no2)cc1F. The van der Waals surface area contributed by atoms with Gasteiger partial charge in [-0.25, -0.2) is 8.78 Å². The summed E-state index contributed by atoms with van der Waals surface area (Å²) in [6.45, 7) is 0.177. The summed E-state index contributed by atoms with van der Waals surface area (Å²) in [6, 6.07) is 10.4. The fraction of sp³-hybridized carbons (Fsp3) is 0.0625. The van der Waals surface area contributed by atoms with E-state index in [1.54, 1.807) is 24.3 Å². The van der Waals surface area contributed by atoms with Crippen LogP contribution in [-0.2, 0) is 6.54 Å². The molecule has 2 aromatic carbocycles. The van der Waals surface area contributed by atoms with Crippen molar-refractivity contribution in [1.29, 1.82) is 0 Å². The van der Waals surface area contributed by atoms with E-state index in [1.165, 1.54) is 6.07 Å². The molecule has 25 heavy (non-hydrogen) atoms. The molecular weight excluding hydrogens is 370 g/mol. The molecule has 0 atom stereocenters. The van der Waals surface area contributed by atoms with E-state index in [4.69, 9.17) is 28.3 Å². The van der Waals surface area contributed by atoms with Gasteiger partial charge in [-0.3, -0.25) is 0 Å². The number of aromatic nitrogens is 2. The Kier molecular flexibility index (Phi) is 5.20. The Bertz CT molecular complexity index is 901. The van der Waals surface area contributed by atoms with Crippen LogP contribution in [0, 0.1) is 11.6 Å². The quantitative estimate of drug-likeness (QED) is 0.663. The van der Waals surface area contributed by atoms with Crippen LogP contribution in [0.4, 0.5) is 14.5 Å². The van der Waals surface area contributed by atoms with Crippen molar-refractivity contribution in [3.63, 3.8) is 0 Å². The summed E-state index contributed by atoms with van der Waals surface area (Å²) in [4.78, 5) is 4.23. The average Bonchev–Trinajstić information content (AvgIpc) is 3.06. The molecule has 0 saturated carbocycles. The summed E-state index contributed by atoms with van der Waals surface area (Å²) < 4.78 is 31.2. The third-order valence-corrected chi connectivity index (χ3v) is 3.65. The second-order valence-electron chi connectivity index (χ2n) is 4.96. The van der Waals surface area contributed by atoms with Gasteiger partial charge >= 0.3 is 0 Å². The van der Waals surface area contributed by atoms with Crippen molar-refractivity contribution in [3.05, 3.63) is 65.0 Å². The van der Waals surface area contributed by atoms with Gasteiger partial charge in [0.1, 0.15) is 0 Å². The summed E-state index contributed by atoms with van der Waals surface area (Å²) in [5, 5.41) is 10.3. The second kappa shape index (κ2) is 7.54. The first-order valence-corrected chi connectivity index (χ1v) is 7.88. The monoisotopic (exact) mass is 380 g/mol. The van der Waals surface area contributed by atoms with Crippen LogP contribution in [0.1, 0.15) is 5.89 Å². The predicted molar refractivity (Wildman–Crippen MR) is 94.2 cm³/mol. The first-order chi connectivity index (χ1) is 12.0. The molecule has 3 aromatic rings.